The highest BCUT2D eigenvalue weighted by molar-refractivity contribution is 5.82. The lowest BCUT2D eigenvalue weighted by Gasteiger charge is -2.04. The van der Waals surface area contributed by atoms with E-state index in [0.717, 1.165) is 23.5 Å². The van der Waals surface area contributed by atoms with Crippen LogP contribution in [0.4, 0.5) is 5.82 Å². The monoisotopic (exact) mass is 239 g/mol. The molecule has 3 aromatic rings. The van der Waals surface area contributed by atoms with Crippen molar-refractivity contribution in [1.82, 2.24) is 19.5 Å². The standard InChI is InChI=1S/C13H13N5/c1-14-12-11-13(16-8-15-12)18(9-17-11)7-10-5-3-2-4-6-10/h2-6,8-9H,7H2,1H3,(H,14,15,16). The average molecular weight is 239 g/mol. The highest BCUT2D eigenvalue weighted by Crippen LogP contribution is 2.17. The van der Waals surface area contributed by atoms with E-state index in [4.69, 9.17) is 0 Å². The number of fused-ring (bicyclic) bond motifs is 1. The summed E-state index contributed by atoms with van der Waals surface area (Å²) in [5, 5.41) is 3.02. The summed E-state index contributed by atoms with van der Waals surface area (Å²) in [5.41, 5.74) is 2.87. The molecule has 2 heterocycles. The first-order valence-electron chi connectivity index (χ1n) is 5.76. The minimum atomic E-state index is 0.756. The van der Waals surface area contributed by atoms with Gasteiger partial charge in [-0.05, 0) is 5.56 Å². The lowest BCUT2D eigenvalue weighted by Crippen LogP contribution is -2.00. The van der Waals surface area contributed by atoms with Crippen LogP contribution in [-0.2, 0) is 6.54 Å². The Morgan fingerprint density at radius 2 is 1.94 bits per heavy atom. The van der Waals surface area contributed by atoms with Crippen molar-refractivity contribution in [3.05, 3.63) is 48.5 Å². The molecule has 0 aliphatic carbocycles. The van der Waals surface area contributed by atoms with Crippen LogP contribution in [0.5, 0.6) is 0 Å². The van der Waals surface area contributed by atoms with E-state index in [0.29, 0.717) is 0 Å². The predicted molar refractivity (Wildman–Crippen MR) is 70.4 cm³/mol. The topological polar surface area (TPSA) is 55.6 Å². The van der Waals surface area contributed by atoms with Crippen LogP contribution in [0.25, 0.3) is 11.2 Å². The normalized spacial score (nSPS) is 10.7. The quantitative estimate of drug-likeness (QED) is 0.758. The molecule has 90 valence electrons. The number of rotatable bonds is 3. The molecular weight excluding hydrogens is 226 g/mol. The summed E-state index contributed by atoms with van der Waals surface area (Å²) in [6, 6.07) is 10.2. The summed E-state index contributed by atoms with van der Waals surface area (Å²) >= 11 is 0. The van der Waals surface area contributed by atoms with Crippen molar-refractivity contribution < 1.29 is 0 Å². The van der Waals surface area contributed by atoms with Gasteiger partial charge < -0.3 is 9.88 Å². The molecule has 0 saturated carbocycles. The van der Waals surface area contributed by atoms with Crippen molar-refractivity contribution in [3.8, 4) is 0 Å². The molecular formula is C13H13N5. The maximum Gasteiger partial charge on any atom is 0.165 e. The van der Waals surface area contributed by atoms with Crippen LogP contribution in [0.1, 0.15) is 5.56 Å². The molecule has 5 heteroatoms. The Hall–Kier alpha value is -2.43. The van der Waals surface area contributed by atoms with E-state index >= 15 is 0 Å². The van der Waals surface area contributed by atoms with E-state index in [9.17, 15) is 0 Å². The number of hydrogen-bond donors (Lipinski definition) is 1. The van der Waals surface area contributed by atoms with Gasteiger partial charge in [0.05, 0.1) is 12.9 Å². The highest BCUT2D eigenvalue weighted by atomic mass is 15.1. The fourth-order valence-corrected chi connectivity index (χ4v) is 1.96. The maximum atomic E-state index is 4.36. The highest BCUT2D eigenvalue weighted by Gasteiger charge is 2.08. The van der Waals surface area contributed by atoms with E-state index < -0.39 is 0 Å². The molecule has 0 aliphatic rings. The third-order valence-electron chi connectivity index (χ3n) is 2.83. The second-order valence-electron chi connectivity index (χ2n) is 4.00. The number of benzene rings is 1. The first-order valence-corrected chi connectivity index (χ1v) is 5.76. The van der Waals surface area contributed by atoms with Gasteiger partial charge in [-0.1, -0.05) is 30.3 Å². The van der Waals surface area contributed by atoms with E-state index in [1.807, 2.05) is 29.8 Å². The number of hydrogen-bond acceptors (Lipinski definition) is 4. The third-order valence-corrected chi connectivity index (χ3v) is 2.83. The van der Waals surface area contributed by atoms with Gasteiger partial charge in [-0.3, -0.25) is 0 Å². The van der Waals surface area contributed by atoms with Crippen LogP contribution >= 0.6 is 0 Å². The molecule has 1 aromatic carbocycles. The second kappa shape index (κ2) is 4.44. The number of aromatic nitrogens is 4. The molecule has 0 saturated heterocycles. The van der Waals surface area contributed by atoms with E-state index in [1.165, 1.54) is 5.56 Å². The number of anilines is 1. The lowest BCUT2D eigenvalue weighted by molar-refractivity contribution is 0.813. The van der Waals surface area contributed by atoms with E-state index in [2.05, 4.69) is 32.4 Å². The van der Waals surface area contributed by atoms with Crippen LogP contribution in [0, 0.1) is 0 Å². The van der Waals surface area contributed by atoms with Crippen molar-refractivity contribution in [1.29, 1.82) is 0 Å². The molecule has 0 aliphatic heterocycles. The van der Waals surface area contributed by atoms with Gasteiger partial charge in [0.25, 0.3) is 0 Å². The molecule has 2 aromatic heterocycles. The molecule has 0 amide bonds. The number of nitrogens with zero attached hydrogens (tertiary/aromatic N) is 4. The lowest BCUT2D eigenvalue weighted by atomic mass is 10.2. The van der Waals surface area contributed by atoms with Crippen molar-refractivity contribution in [2.24, 2.45) is 0 Å². The molecule has 0 spiro atoms. The Kier molecular flexibility index (Phi) is 2.64. The predicted octanol–water partition coefficient (Wildman–Crippen LogP) is 1.92. The first kappa shape index (κ1) is 10.7. The van der Waals surface area contributed by atoms with Crippen molar-refractivity contribution in [2.75, 3.05) is 12.4 Å². The second-order valence-corrected chi connectivity index (χ2v) is 4.00. The van der Waals surface area contributed by atoms with Gasteiger partial charge in [0.1, 0.15) is 11.8 Å². The average Bonchev–Trinajstić information content (AvgIpc) is 2.83. The summed E-state index contributed by atoms with van der Waals surface area (Å²) in [6.45, 7) is 0.761. The molecule has 18 heavy (non-hydrogen) atoms. The maximum absolute atomic E-state index is 4.36. The molecule has 5 nitrogen and oxygen atoms in total. The largest absolute Gasteiger partial charge is 0.371 e. The molecule has 0 atom stereocenters. The van der Waals surface area contributed by atoms with Crippen LogP contribution in [0.3, 0.4) is 0 Å². The smallest absolute Gasteiger partial charge is 0.165 e. The van der Waals surface area contributed by atoms with Crippen molar-refractivity contribution >= 4 is 17.0 Å². The summed E-state index contributed by atoms with van der Waals surface area (Å²) in [7, 11) is 1.83. The minimum absolute atomic E-state index is 0.756. The third kappa shape index (κ3) is 1.79. The summed E-state index contributed by atoms with van der Waals surface area (Å²) < 4.78 is 2.02. The number of imidazole rings is 1. The Balaban J connectivity index is 2.03. The molecule has 3 rings (SSSR count). The van der Waals surface area contributed by atoms with Crippen molar-refractivity contribution in [3.63, 3.8) is 0 Å². The minimum Gasteiger partial charge on any atom is -0.371 e. The van der Waals surface area contributed by atoms with E-state index in [-0.39, 0.29) is 0 Å². The number of nitrogens with one attached hydrogen (secondary N) is 1. The molecule has 0 unspecified atom stereocenters. The summed E-state index contributed by atoms with van der Waals surface area (Å²) in [5.74, 6) is 0.756. The van der Waals surface area contributed by atoms with Crippen LogP contribution in [0.15, 0.2) is 43.0 Å². The Bertz CT molecular complexity index is 659. The van der Waals surface area contributed by atoms with Gasteiger partial charge in [-0.15, -0.1) is 0 Å². The van der Waals surface area contributed by atoms with Gasteiger partial charge in [0.2, 0.25) is 0 Å². The zero-order valence-electron chi connectivity index (χ0n) is 10.0. The first-order chi connectivity index (χ1) is 8.88. The Morgan fingerprint density at radius 1 is 1.11 bits per heavy atom. The Labute approximate surface area is 105 Å². The molecule has 0 bridgehead atoms. The molecule has 0 fully saturated rings. The van der Waals surface area contributed by atoms with Crippen LogP contribution < -0.4 is 5.32 Å². The van der Waals surface area contributed by atoms with Crippen LogP contribution in [-0.4, -0.2) is 26.6 Å². The van der Waals surface area contributed by atoms with Gasteiger partial charge >= 0.3 is 0 Å². The van der Waals surface area contributed by atoms with Gasteiger partial charge in [0, 0.05) is 7.05 Å². The molecule has 1 N–H and O–H groups in total. The fourth-order valence-electron chi connectivity index (χ4n) is 1.96. The van der Waals surface area contributed by atoms with Gasteiger partial charge in [-0.2, -0.15) is 0 Å². The summed E-state index contributed by atoms with van der Waals surface area (Å²) in [4.78, 5) is 12.8. The van der Waals surface area contributed by atoms with Crippen LogP contribution in [0.2, 0.25) is 0 Å². The summed E-state index contributed by atoms with van der Waals surface area (Å²) in [6.07, 6.45) is 3.35. The van der Waals surface area contributed by atoms with E-state index in [1.54, 1.807) is 12.7 Å². The fraction of sp³-hybridized carbons (Fsp3) is 0.154. The zero-order valence-corrected chi connectivity index (χ0v) is 10.0. The van der Waals surface area contributed by atoms with Gasteiger partial charge in [0.15, 0.2) is 11.5 Å². The molecule has 0 radical (unpaired) electrons. The Morgan fingerprint density at radius 3 is 2.72 bits per heavy atom. The van der Waals surface area contributed by atoms with Crippen molar-refractivity contribution in [2.45, 2.75) is 6.54 Å². The zero-order chi connectivity index (χ0) is 12.4. The SMILES string of the molecule is CNc1ncnc2c1ncn2Cc1ccccc1. The van der Waals surface area contributed by atoms with Gasteiger partial charge in [-0.25, -0.2) is 15.0 Å².